The summed E-state index contributed by atoms with van der Waals surface area (Å²) < 4.78 is 19.0. The lowest BCUT2D eigenvalue weighted by Crippen LogP contribution is -2.57. The van der Waals surface area contributed by atoms with E-state index in [1.165, 1.54) is 23.9 Å². The fourth-order valence-electron chi connectivity index (χ4n) is 6.18. The zero-order valence-corrected chi connectivity index (χ0v) is 26.0. The molecule has 8 atom stereocenters. The van der Waals surface area contributed by atoms with Crippen LogP contribution in [0.2, 0.25) is 0 Å². The topological polar surface area (TPSA) is 151 Å². The van der Waals surface area contributed by atoms with Crippen LogP contribution in [0.1, 0.15) is 41.4 Å². The summed E-state index contributed by atoms with van der Waals surface area (Å²) in [7, 11) is 0. The Morgan fingerprint density at radius 3 is 2.19 bits per heavy atom. The lowest BCUT2D eigenvalue weighted by Gasteiger charge is -2.47. The number of phenols is 1. The second-order valence-corrected chi connectivity index (χ2v) is 13.0. The van der Waals surface area contributed by atoms with Gasteiger partial charge in [0.15, 0.2) is 0 Å². The van der Waals surface area contributed by atoms with Gasteiger partial charge in [-0.3, -0.25) is 4.79 Å². The lowest BCUT2D eigenvalue weighted by molar-refractivity contribution is -0.231. The maximum atomic E-state index is 13.4. The maximum Gasteiger partial charge on any atom is 0.243 e. The average Bonchev–Trinajstić information content (AvgIpc) is 3.09. The SMILES string of the molecule is O=C1[C@H](SCC[C@H](O)c2ccc(F)cc2)C(c2ccc(-c3ccc(C4O[C@H](CO)[C@@H](O)[C@H](O)[C@H]4O)cc3)cc2O)N1c1ccccc1. The van der Waals surface area contributed by atoms with Crippen molar-refractivity contribution in [2.45, 2.75) is 54.3 Å². The molecule has 2 unspecified atom stereocenters. The van der Waals surface area contributed by atoms with E-state index in [1.54, 1.807) is 53.4 Å². The third kappa shape index (κ3) is 6.66. The molecule has 2 aliphatic heterocycles. The molecule has 6 N–H and O–H groups in total. The van der Waals surface area contributed by atoms with Crippen LogP contribution in [-0.4, -0.2) is 78.6 Å². The minimum Gasteiger partial charge on any atom is -0.508 e. The van der Waals surface area contributed by atoms with E-state index in [2.05, 4.69) is 0 Å². The first kappa shape index (κ1) is 33.1. The molecule has 47 heavy (non-hydrogen) atoms. The third-order valence-corrected chi connectivity index (χ3v) is 10.1. The standard InChI is InChI=1S/C36H36FNO8S/c37-24-13-10-21(11-14-24)27(40)16-17-47-35-30(38(36(35)45)25-4-2-1-3-5-25)26-15-12-23(18-28(26)41)20-6-8-22(9-7-20)34-33(44)32(43)31(42)29(19-39)46-34/h1-15,18,27,29-35,39-44H,16-17,19H2/t27-,29+,30?,31+,32-,33+,34?,35+/m0/s1. The first-order chi connectivity index (χ1) is 22.7. The van der Waals surface area contributed by atoms with Crippen molar-refractivity contribution in [3.05, 3.63) is 120 Å². The van der Waals surface area contributed by atoms with Crippen molar-refractivity contribution >= 4 is 23.4 Å². The van der Waals surface area contributed by atoms with Gasteiger partial charge in [0.2, 0.25) is 5.91 Å². The van der Waals surface area contributed by atoms with E-state index in [-0.39, 0.29) is 17.5 Å². The molecule has 0 bridgehead atoms. The molecule has 11 heteroatoms. The van der Waals surface area contributed by atoms with Crippen molar-refractivity contribution in [2.24, 2.45) is 0 Å². The summed E-state index contributed by atoms with van der Waals surface area (Å²) in [5.74, 6) is -0.00551. The number of carbonyl (C=O) groups excluding carboxylic acids is 1. The third-order valence-electron chi connectivity index (χ3n) is 8.84. The Kier molecular flexibility index (Phi) is 9.95. The van der Waals surface area contributed by atoms with Crippen molar-refractivity contribution in [3.8, 4) is 16.9 Å². The van der Waals surface area contributed by atoms with Gasteiger partial charge in [-0.15, -0.1) is 11.8 Å². The molecule has 9 nitrogen and oxygen atoms in total. The number of phenolic OH excluding ortho intramolecular Hbond substituents is 1. The number of halogens is 1. The summed E-state index contributed by atoms with van der Waals surface area (Å²) in [6.07, 6.45) is -6.73. The first-order valence-electron chi connectivity index (χ1n) is 15.3. The van der Waals surface area contributed by atoms with E-state index in [4.69, 9.17) is 4.74 Å². The monoisotopic (exact) mass is 661 g/mol. The number of para-hydroxylation sites is 1. The Labute approximate surface area is 275 Å². The van der Waals surface area contributed by atoms with E-state index in [0.717, 1.165) is 5.56 Å². The zero-order valence-electron chi connectivity index (χ0n) is 25.2. The average molecular weight is 662 g/mol. The summed E-state index contributed by atoms with van der Waals surface area (Å²) in [5.41, 5.74) is 3.89. The number of aliphatic hydroxyl groups is 5. The number of rotatable bonds is 10. The Balaban J connectivity index is 1.20. The smallest absolute Gasteiger partial charge is 0.243 e. The number of aromatic hydroxyl groups is 1. The molecule has 0 aliphatic carbocycles. The number of benzene rings is 4. The van der Waals surface area contributed by atoms with E-state index < -0.39 is 54.5 Å². The molecule has 4 aromatic carbocycles. The largest absolute Gasteiger partial charge is 0.508 e. The molecule has 0 aromatic heterocycles. The molecule has 0 saturated carbocycles. The summed E-state index contributed by atoms with van der Waals surface area (Å²) in [4.78, 5) is 15.1. The van der Waals surface area contributed by atoms with Crippen LogP contribution >= 0.6 is 11.8 Å². The van der Waals surface area contributed by atoms with Gasteiger partial charge < -0.3 is 40.3 Å². The quantitative estimate of drug-likeness (QED) is 0.139. The number of anilines is 1. The van der Waals surface area contributed by atoms with Crippen LogP contribution < -0.4 is 4.90 Å². The van der Waals surface area contributed by atoms with Crippen molar-refractivity contribution < 1.29 is 44.6 Å². The second-order valence-electron chi connectivity index (χ2n) is 11.8. The number of hydrogen-bond donors (Lipinski definition) is 6. The maximum absolute atomic E-state index is 13.4. The highest BCUT2D eigenvalue weighted by Gasteiger charge is 2.50. The summed E-state index contributed by atoms with van der Waals surface area (Å²) in [6.45, 7) is -0.517. The highest BCUT2D eigenvalue weighted by atomic mass is 32.2. The van der Waals surface area contributed by atoms with Gasteiger partial charge in [-0.05, 0) is 64.8 Å². The van der Waals surface area contributed by atoms with Crippen LogP contribution in [0.3, 0.4) is 0 Å². The molecule has 4 aromatic rings. The minimum atomic E-state index is -1.48. The number of carbonyl (C=O) groups is 1. The van der Waals surface area contributed by atoms with Crippen molar-refractivity contribution in [1.82, 2.24) is 0 Å². The molecule has 2 heterocycles. The Hall–Kier alpha value is -3.81. The highest BCUT2D eigenvalue weighted by Crippen LogP contribution is 2.48. The summed E-state index contributed by atoms with van der Waals surface area (Å²) in [5, 5.41) is 61.7. The summed E-state index contributed by atoms with van der Waals surface area (Å²) in [6, 6.07) is 26.7. The van der Waals surface area contributed by atoms with Gasteiger partial charge in [0.05, 0.1) is 18.8 Å². The van der Waals surface area contributed by atoms with Crippen LogP contribution in [-0.2, 0) is 9.53 Å². The molecule has 2 fully saturated rings. The predicted molar refractivity (Wildman–Crippen MR) is 175 cm³/mol. The Bertz CT molecular complexity index is 1670. The van der Waals surface area contributed by atoms with Gasteiger partial charge >= 0.3 is 0 Å². The normalized spacial score (nSPS) is 26.6. The Morgan fingerprint density at radius 1 is 0.851 bits per heavy atom. The van der Waals surface area contributed by atoms with E-state index >= 15 is 0 Å². The second kappa shape index (κ2) is 14.1. The molecular formula is C36H36FNO8S. The van der Waals surface area contributed by atoms with Gasteiger partial charge in [-0.25, -0.2) is 4.39 Å². The van der Waals surface area contributed by atoms with Gasteiger partial charge in [-0.1, -0.05) is 66.7 Å². The molecule has 0 radical (unpaired) electrons. The fourth-order valence-corrected chi connectivity index (χ4v) is 7.50. The molecule has 246 valence electrons. The van der Waals surface area contributed by atoms with Crippen LogP contribution in [0, 0.1) is 5.82 Å². The van der Waals surface area contributed by atoms with Gasteiger partial charge in [0.1, 0.15) is 47.3 Å². The highest BCUT2D eigenvalue weighted by molar-refractivity contribution is 8.00. The molecule has 2 saturated heterocycles. The van der Waals surface area contributed by atoms with E-state index in [9.17, 15) is 39.8 Å². The number of nitrogens with zero attached hydrogens (tertiary/aromatic N) is 1. The van der Waals surface area contributed by atoms with Gasteiger partial charge in [-0.2, -0.15) is 0 Å². The van der Waals surface area contributed by atoms with Crippen LogP contribution in [0.25, 0.3) is 11.1 Å². The zero-order chi connectivity index (χ0) is 33.2. The van der Waals surface area contributed by atoms with Gasteiger partial charge in [0.25, 0.3) is 0 Å². The molecule has 0 spiro atoms. The van der Waals surface area contributed by atoms with E-state index in [1.807, 2.05) is 36.4 Å². The van der Waals surface area contributed by atoms with Crippen molar-refractivity contribution in [2.75, 3.05) is 17.3 Å². The lowest BCUT2D eigenvalue weighted by atomic mass is 9.89. The molecular weight excluding hydrogens is 625 g/mol. The number of thioether (sulfide) groups is 1. The molecule has 1 amide bonds. The van der Waals surface area contributed by atoms with Crippen LogP contribution in [0.15, 0.2) is 97.1 Å². The minimum absolute atomic E-state index is 0.0101. The number of hydrogen-bond acceptors (Lipinski definition) is 9. The van der Waals surface area contributed by atoms with Crippen LogP contribution in [0.4, 0.5) is 10.1 Å². The van der Waals surface area contributed by atoms with Crippen molar-refractivity contribution in [1.29, 1.82) is 0 Å². The number of ether oxygens (including phenoxy) is 1. The van der Waals surface area contributed by atoms with Crippen LogP contribution in [0.5, 0.6) is 5.75 Å². The molecule has 2 aliphatic rings. The summed E-state index contributed by atoms with van der Waals surface area (Å²) >= 11 is 1.41. The number of β-lactam (4-membered cyclic amide) rings is 1. The number of amides is 1. The molecule has 6 rings (SSSR count). The Morgan fingerprint density at radius 2 is 1.53 bits per heavy atom. The number of aliphatic hydroxyl groups excluding tert-OH is 5. The fraction of sp³-hybridized carbons (Fsp3) is 0.306. The first-order valence-corrected chi connectivity index (χ1v) is 16.4. The van der Waals surface area contributed by atoms with Crippen molar-refractivity contribution in [3.63, 3.8) is 0 Å². The predicted octanol–water partition coefficient (Wildman–Crippen LogP) is 4.03. The van der Waals surface area contributed by atoms with Gasteiger partial charge in [0, 0.05) is 11.3 Å². The van der Waals surface area contributed by atoms with E-state index in [0.29, 0.717) is 40.1 Å².